The number of nitrogens with zero attached hydrogens (tertiary/aromatic N) is 2. The second-order valence-electron chi connectivity index (χ2n) is 5.66. The molecule has 2 aromatic carbocycles. The van der Waals surface area contributed by atoms with E-state index in [-0.39, 0.29) is 5.01 Å². The number of halogens is 10. The third-order valence-electron chi connectivity index (χ3n) is 3.63. The fourth-order valence-corrected chi connectivity index (χ4v) is 2.25. The fourth-order valence-electron chi connectivity index (χ4n) is 2.25. The van der Waals surface area contributed by atoms with Crippen LogP contribution in [0, 0.1) is 58.2 Å². The zero-order valence-corrected chi connectivity index (χ0v) is 14.5. The third-order valence-corrected chi connectivity index (χ3v) is 3.63. The zero-order valence-electron chi connectivity index (χ0n) is 14.5. The van der Waals surface area contributed by atoms with Crippen LogP contribution < -0.4 is 0 Å². The van der Waals surface area contributed by atoms with Gasteiger partial charge in [-0.3, -0.25) is 9.59 Å². The van der Waals surface area contributed by atoms with Gasteiger partial charge in [-0.15, -0.1) is 0 Å². The molecule has 0 aliphatic heterocycles. The maximum atomic E-state index is 13.9. The molecule has 0 unspecified atom stereocenters. The largest absolute Gasteiger partial charge is 0.281 e. The molecule has 4 nitrogen and oxygen atoms in total. The molecule has 0 radical (unpaired) electrons. The van der Waals surface area contributed by atoms with E-state index in [0.717, 1.165) is 14.1 Å². The minimum Gasteiger partial charge on any atom is -0.267 e. The van der Waals surface area contributed by atoms with Gasteiger partial charge in [0.2, 0.25) is 11.6 Å². The molecule has 162 valence electrons. The first-order valence-electron chi connectivity index (χ1n) is 7.34. The number of amides is 2. The molecule has 2 amide bonds. The van der Waals surface area contributed by atoms with E-state index in [0.29, 0.717) is 0 Å². The summed E-state index contributed by atoms with van der Waals surface area (Å²) in [5.41, 5.74) is -4.42. The Morgan fingerprint density at radius 1 is 0.467 bits per heavy atom. The predicted octanol–water partition coefficient (Wildman–Crippen LogP) is 3.84. The average Bonchev–Trinajstić information content (AvgIpc) is 2.67. The lowest BCUT2D eigenvalue weighted by atomic mass is 10.1. The van der Waals surface area contributed by atoms with E-state index in [4.69, 9.17) is 0 Å². The molecule has 0 N–H and O–H groups in total. The van der Waals surface area contributed by atoms with Crippen molar-refractivity contribution in [3.63, 3.8) is 0 Å². The molecular weight excluding hydrogens is 442 g/mol. The first-order valence-corrected chi connectivity index (χ1v) is 7.34. The van der Waals surface area contributed by atoms with Crippen molar-refractivity contribution >= 4 is 11.8 Å². The second-order valence-corrected chi connectivity index (χ2v) is 5.66. The Hall–Kier alpha value is -3.16. The molecule has 0 saturated heterocycles. The first-order chi connectivity index (χ1) is 13.7. The predicted molar refractivity (Wildman–Crippen MR) is 76.7 cm³/mol. The van der Waals surface area contributed by atoms with Crippen LogP contribution in [-0.2, 0) is 0 Å². The summed E-state index contributed by atoms with van der Waals surface area (Å²) >= 11 is 0. The molecule has 0 atom stereocenters. The van der Waals surface area contributed by atoms with Crippen LogP contribution in [0.5, 0.6) is 0 Å². The van der Waals surface area contributed by atoms with E-state index >= 15 is 0 Å². The van der Waals surface area contributed by atoms with Gasteiger partial charge in [-0.05, 0) is 0 Å². The summed E-state index contributed by atoms with van der Waals surface area (Å²) < 4.78 is 135. The number of hydrogen-bond donors (Lipinski definition) is 0. The van der Waals surface area contributed by atoms with Crippen molar-refractivity contribution in [2.75, 3.05) is 14.1 Å². The van der Waals surface area contributed by atoms with Crippen LogP contribution in [-0.4, -0.2) is 35.9 Å². The second kappa shape index (κ2) is 7.93. The number of rotatable bonds is 3. The van der Waals surface area contributed by atoms with Gasteiger partial charge in [0.05, 0.1) is 0 Å². The quantitative estimate of drug-likeness (QED) is 0.236. The highest BCUT2D eigenvalue weighted by Gasteiger charge is 2.39. The summed E-state index contributed by atoms with van der Waals surface area (Å²) in [5.74, 6) is -31.1. The Labute approximate surface area is 159 Å². The van der Waals surface area contributed by atoms with Crippen molar-refractivity contribution < 1.29 is 53.5 Å². The molecule has 0 bridgehead atoms. The summed E-state index contributed by atoms with van der Waals surface area (Å²) in [6, 6.07) is 0. The molecule has 0 saturated carbocycles. The van der Waals surface area contributed by atoms with E-state index in [1.54, 1.807) is 0 Å². The number of carbonyl (C=O) groups is 2. The highest BCUT2D eigenvalue weighted by molar-refractivity contribution is 6.10. The summed E-state index contributed by atoms with van der Waals surface area (Å²) in [6.45, 7) is 0. The molecule has 0 aromatic heterocycles. The van der Waals surface area contributed by atoms with Crippen LogP contribution in [0.25, 0.3) is 0 Å². The SMILES string of the molecule is CN(C)N(C(=O)c1c(F)c(F)c(F)c(F)c1F)C(=O)c1c(F)c(F)c(F)c(F)c1F. The van der Waals surface area contributed by atoms with Gasteiger partial charge < -0.3 is 0 Å². The van der Waals surface area contributed by atoms with Crippen LogP contribution in [0.15, 0.2) is 0 Å². The fraction of sp³-hybridized carbons (Fsp3) is 0.125. The lowest BCUT2D eigenvalue weighted by Gasteiger charge is -2.27. The molecule has 2 aromatic rings. The van der Waals surface area contributed by atoms with Crippen LogP contribution in [0.4, 0.5) is 43.9 Å². The molecule has 2 rings (SSSR count). The van der Waals surface area contributed by atoms with Gasteiger partial charge in [0.15, 0.2) is 46.5 Å². The maximum absolute atomic E-state index is 13.9. The van der Waals surface area contributed by atoms with Crippen molar-refractivity contribution in [2.45, 2.75) is 0 Å². The third kappa shape index (κ3) is 3.36. The van der Waals surface area contributed by atoms with E-state index in [1.165, 1.54) is 0 Å². The van der Waals surface area contributed by atoms with Crippen LogP contribution in [0.2, 0.25) is 0 Å². The molecule has 0 fully saturated rings. The van der Waals surface area contributed by atoms with Gasteiger partial charge in [0.1, 0.15) is 11.1 Å². The van der Waals surface area contributed by atoms with Crippen molar-refractivity contribution in [1.29, 1.82) is 0 Å². The minimum atomic E-state index is -2.67. The first kappa shape index (κ1) is 23.1. The Kier molecular flexibility index (Phi) is 6.11. The topological polar surface area (TPSA) is 40.6 Å². The van der Waals surface area contributed by atoms with Gasteiger partial charge in [0, 0.05) is 14.1 Å². The van der Waals surface area contributed by atoms with Gasteiger partial charge in [-0.1, -0.05) is 0 Å². The Balaban J connectivity index is 2.75. The molecule has 0 heterocycles. The zero-order chi connectivity index (χ0) is 23.2. The lowest BCUT2D eigenvalue weighted by molar-refractivity contribution is 0.0174. The summed E-state index contributed by atoms with van der Waals surface area (Å²) in [7, 11) is 1.46. The van der Waals surface area contributed by atoms with E-state index in [2.05, 4.69) is 0 Å². The van der Waals surface area contributed by atoms with Crippen molar-refractivity contribution in [2.24, 2.45) is 0 Å². The lowest BCUT2D eigenvalue weighted by Crippen LogP contribution is -2.47. The number of benzene rings is 2. The smallest absolute Gasteiger partial charge is 0.267 e. The van der Waals surface area contributed by atoms with Crippen molar-refractivity contribution in [3.8, 4) is 0 Å². The summed E-state index contributed by atoms with van der Waals surface area (Å²) in [5, 5.41) is -0.336. The molecule has 0 aliphatic carbocycles. The normalized spacial score (nSPS) is 11.2. The van der Waals surface area contributed by atoms with Gasteiger partial charge in [-0.25, -0.2) is 53.9 Å². The Bertz CT molecular complexity index is 947. The van der Waals surface area contributed by atoms with E-state index in [1.807, 2.05) is 0 Å². The van der Waals surface area contributed by atoms with E-state index in [9.17, 15) is 53.5 Å². The summed E-state index contributed by atoms with van der Waals surface area (Å²) in [6.07, 6.45) is 0. The molecule has 0 spiro atoms. The van der Waals surface area contributed by atoms with Crippen LogP contribution >= 0.6 is 0 Å². The van der Waals surface area contributed by atoms with Gasteiger partial charge >= 0.3 is 0 Å². The number of hydrazine groups is 1. The minimum absolute atomic E-state index is 0.251. The Morgan fingerprint density at radius 3 is 0.867 bits per heavy atom. The van der Waals surface area contributed by atoms with Crippen LogP contribution in [0.1, 0.15) is 20.7 Å². The highest BCUT2D eigenvalue weighted by Crippen LogP contribution is 2.28. The van der Waals surface area contributed by atoms with Gasteiger partial charge in [-0.2, -0.15) is 0 Å². The molecular formula is C16H6F10N2O2. The average molecular weight is 448 g/mol. The summed E-state index contributed by atoms with van der Waals surface area (Å²) in [4.78, 5) is 24.7. The van der Waals surface area contributed by atoms with Gasteiger partial charge in [0.25, 0.3) is 11.8 Å². The number of carbonyl (C=O) groups excluding carboxylic acids is 2. The van der Waals surface area contributed by atoms with Crippen LogP contribution in [0.3, 0.4) is 0 Å². The van der Waals surface area contributed by atoms with E-state index < -0.39 is 86.1 Å². The highest BCUT2D eigenvalue weighted by atomic mass is 19.2. The Morgan fingerprint density at radius 2 is 0.667 bits per heavy atom. The van der Waals surface area contributed by atoms with Crippen molar-refractivity contribution in [1.82, 2.24) is 10.0 Å². The maximum Gasteiger partial charge on any atom is 0.281 e. The number of hydrogen-bond acceptors (Lipinski definition) is 3. The monoisotopic (exact) mass is 448 g/mol. The molecule has 30 heavy (non-hydrogen) atoms. The number of imide groups is 1. The molecule has 0 aliphatic rings. The van der Waals surface area contributed by atoms with Crippen molar-refractivity contribution in [3.05, 3.63) is 69.3 Å². The molecule has 14 heteroatoms. The standard InChI is InChI=1S/C16H6F10N2O2/c1-27(2)28(15(29)3-5(17)9(21)13(25)10(22)6(3)18)16(30)4-7(19)11(23)14(26)12(24)8(4)20/h1-2H3.